The second kappa shape index (κ2) is 2.71. The number of anilines is 1. The van der Waals surface area contributed by atoms with E-state index in [1.807, 2.05) is 31.2 Å². The molecule has 0 radical (unpaired) electrons. The zero-order valence-electron chi connectivity index (χ0n) is 6.16. The van der Waals surface area contributed by atoms with Crippen LogP contribution in [0.2, 0.25) is 0 Å². The molecule has 0 N–H and O–H groups in total. The molecule has 0 unspecified atom stereocenters. The zero-order chi connectivity index (χ0) is 7.56. The fraction of sp³-hybridized carbons (Fsp3) is 0.250. The third kappa shape index (κ3) is 1.48. The number of rotatable bonds is 1. The van der Waals surface area contributed by atoms with Gasteiger partial charge >= 0.3 is 0 Å². The van der Waals surface area contributed by atoms with Crippen molar-refractivity contribution in [1.82, 2.24) is 0 Å². The van der Waals surface area contributed by atoms with Crippen molar-refractivity contribution in [1.29, 1.82) is 0 Å². The fourth-order valence-electron chi connectivity index (χ4n) is 0.755. The first kappa shape index (κ1) is 7.09. The molecular weight excluding hydrogens is 126 g/mol. The number of benzene rings is 1. The minimum Gasteiger partial charge on any atom is -0.758 e. The molecule has 0 atom stereocenters. The summed E-state index contributed by atoms with van der Waals surface area (Å²) in [6.07, 6.45) is 0. The maximum Gasteiger partial charge on any atom is 0.0257 e. The molecule has 0 spiro atoms. The minimum atomic E-state index is 0.700. The molecule has 0 bridgehead atoms. The highest BCUT2D eigenvalue weighted by atomic mass is 16.5. The van der Waals surface area contributed by atoms with Gasteiger partial charge in [-0.15, -0.1) is 0 Å². The summed E-state index contributed by atoms with van der Waals surface area (Å²) in [6.45, 7) is 1.99. The molecule has 1 rings (SSSR count). The largest absolute Gasteiger partial charge is 0.758 e. The second-order valence-corrected chi connectivity index (χ2v) is 2.33. The van der Waals surface area contributed by atoms with E-state index in [0.717, 1.165) is 5.06 Å². The number of hydrogen-bond donors (Lipinski definition) is 0. The van der Waals surface area contributed by atoms with E-state index in [9.17, 15) is 5.21 Å². The Balaban J connectivity index is 2.89. The molecule has 0 aliphatic heterocycles. The van der Waals surface area contributed by atoms with E-state index in [1.165, 1.54) is 12.6 Å². The van der Waals surface area contributed by atoms with Gasteiger partial charge in [0.05, 0.1) is 0 Å². The van der Waals surface area contributed by atoms with Gasteiger partial charge in [0.2, 0.25) is 0 Å². The maximum atomic E-state index is 10.7. The van der Waals surface area contributed by atoms with Gasteiger partial charge < -0.3 is 10.3 Å². The van der Waals surface area contributed by atoms with Crippen molar-refractivity contribution < 1.29 is 0 Å². The summed E-state index contributed by atoms with van der Waals surface area (Å²) in [5.74, 6) is 0. The van der Waals surface area contributed by atoms with Crippen LogP contribution in [0.4, 0.5) is 5.69 Å². The molecule has 2 nitrogen and oxygen atoms in total. The van der Waals surface area contributed by atoms with Crippen molar-refractivity contribution >= 4 is 5.69 Å². The van der Waals surface area contributed by atoms with Crippen LogP contribution in [-0.2, 0) is 0 Å². The summed E-state index contributed by atoms with van der Waals surface area (Å²) in [7, 11) is 1.49. The minimum absolute atomic E-state index is 0.700. The van der Waals surface area contributed by atoms with Gasteiger partial charge in [0.1, 0.15) is 0 Å². The van der Waals surface area contributed by atoms with E-state index < -0.39 is 0 Å². The molecule has 54 valence electrons. The van der Waals surface area contributed by atoms with Gasteiger partial charge in [0, 0.05) is 5.69 Å². The second-order valence-electron chi connectivity index (χ2n) is 2.33. The van der Waals surface area contributed by atoms with Crippen LogP contribution in [0.15, 0.2) is 24.3 Å². The SMILES string of the molecule is Cc1ccc(N(C)[O-])cc1. The molecule has 0 saturated carbocycles. The number of nitrogens with zero attached hydrogens (tertiary/aromatic N) is 1. The van der Waals surface area contributed by atoms with Gasteiger partial charge in [0.15, 0.2) is 0 Å². The number of hydroxylamine groups is 1. The molecule has 2 heteroatoms. The number of aryl methyl sites for hydroxylation is 1. The van der Waals surface area contributed by atoms with E-state index in [2.05, 4.69) is 0 Å². The molecule has 10 heavy (non-hydrogen) atoms. The van der Waals surface area contributed by atoms with Gasteiger partial charge in [-0.1, -0.05) is 17.7 Å². The Morgan fingerprint density at radius 2 is 1.70 bits per heavy atom. The molecule has 0 heterocycles. The van der Waals surface area contributed by atoms with Crippen molar-refractivity contribution in [2.75, 3.05) is 12.1 Å². The third-order valence-electron chi connectivity index (χ3n) is 1.40. The highest BCUT2D eigenvalue weighted by molar-refractivity contribution is 5.47. The lowest BCUT2D eigenvalue weighted by atomic mass is 10.2. The Kier molecular flexibility index (Phi) is 1.92. The lowest BCUT2D eigenvalue weighted by Crippen LogP contribution is -2.04. The Morgan fingerprint density at radius 3 is 2.10 bits per heavy atom. The summed E-state index contributed by atoms with van der Waals surface area (Å²) in [5.41, 5.74) is 1.87. The first-order valence-corrected chi connectivity index (χ1v) is 3.17. The maximum absolute atomic E-state index is 10.7. The van der Waals surface area contributed by atoms with Gasteiger partial charge in [-0.3, -0.25) is 0 Å². The van der Waals surface area contributed by atoms with Crippen LogP contribution in [0.3, 0.4) is 0 Å². The van der Waals surface area contributed by atoms with Crippen LogP contribution in [0.1, 0.15) is 5.56 Å². The molecule has 1 aromatic carbocycles. The van der Waals surface area contributed by atoms with Crippen molar-refractivity contribution in [3.8, 4) is 0 Å². The molecule has 0 amide bonds. The zero-order valence-corrected chi connectivity index (χ0v) is 6.16. The van der Waals surface area contributed by atoms with Gasteiger partial charge in [-0.05, 0) is 26.1 Å². The normalized spacial score (nSPS) is 9.50. The monoisotopic (exact) mass is 136 g/mol. The molecular formula is C8H10NO-. The van der Waals surface area contributed by atoms with E-state index in [0.29, 0.717) is 5.69 Å². The highest BCUT2D eigenvalue weighted by Crippen LogP contribution is 2.11. The molecule has 0 aliphatic carbocycles. The quantitative estimate of drug-likeness (QED) is 0.551. The summed E-state index contributed by atoms with van der Waals surface area (Å²) in [4.78, 5) is 0. The van der Waals surface area contributed by atoms with Crippen molar-refractivity contribution in [3.63, 3.8) is 0 Å². The summed E-state index contributed by atoms with van der Waals surface area (Å²) >= 11 is 0. The van der Waals surface area contributed by atoms with Crippen LogP contribution in [0.5, 0.6) is 0 Å². The number of hydrogen-bond acceptors (Lipinski definition) is 2. The van der Waals surface area contributed by atoms with Crippen LogP contribution in [0.25, 0.3) is 0 Å². The van der Waals surface area contributed by atoms with E-state index in [-0.39, 0.29) is 0 Å². The van der Waals surface area contributed by atoms with Crippen molar-refractivity contribution in [2.45, 2.75) is 6.92 Å². The average molecular weight is 136 g/mol. The van der Waals surface area contributed by atoms with Gasteiger partial charge in [-0.25, -0.2) is 0 Å². The van der Waals surface area contributed by atoms with Crippen molar-refractivity contribution in [2.24, 2.45) is 0 Å². The molecule has 0 fully saturated rings. The lowest BCUT2D eigenvalue weighted by Gasteiger charge is -2.24. The average Bonchev–Trinajstić information content (AvgIpc) is 1.88. The smallest absolute Gasteiger partial charge is 0.0257 e. The highest BCUT2D eigenvalue weighted by Gasteiger charge is 1.86. The Labute approximate surface area is 60.7 Å². The summed E-state index contributed by atoms with van der Waals surface area (Å²) in [5, 5.41) is 11.5. The standard InChI is InChI=1S/C8H10NO/c1-7-3-5-8(6-4-7)9(2)10/h3-6H,1-2H3/q-1. The van der Waals surface area contributed by atoms with Gasteiger partial charge in [-0.2, -0.15) is 0 Å². The Hall–Kier alpha value is -1.02. The molecule has 0 saturated heterocycles. The molecule has 0 aliphatic rings. The topological polar surface area (TPSA) is 26.3 Å². The fourth-order valence-corrected chi connectivity index (χ4v) is 0.755. The van der Waals surface area contributed by atoms with Crippen LogP contribution >= 0.6 is 0 Å². The van der Waals surface area contributed by atoms with E-state index in [4.69, 9.17) is 0 Å². The van der Waals surface area contributed by atoms with Gasteiger partial charge in [0.25, 0.3) is 0 Å². The summed E-state index contributed by atoms with van der Waals surface area (Å²) < 4.78 is 0. The predicted octanol–water partition coefficient (Wildman–Crippen LogP) is 1.93. The van der Waals surface area contributed by atoms with Crippen LogP contribution in [-0.4, -0.2) is 7.05 Å². The first-order chi connectivity index (χ1) is 4.70. The van der Waals surface area contributed by atoms with Crippen LogP contribution in [0, 0.1) is 12.1 Å². The Bertz CT molecular complexity index is 203. The third-order valence-corrected chi connectivity index (χ3v) is 1.40. The molecule has 0 aromatic heterocycles. The van der Waals surface area contributed by atoms with Crippen molar-refractivity contribution in [3.05, 3.63) is 35.0 Å². The lowest BCUT2D eigenvalue weighted by molar-refractivity contribution is 1.21. The van der Waals surface area contributed by atoms with E-state index >= 15 is 0 Å². The van der Waals surface area contributed by atoms with E-state index in [1.54, 1.807) is 0 Å². The molecule has 1 aromatic rings. The predicted molar refractivity (Wildman–Crippen MR) is 42.9 cm³/mol. The first-order valence-electron chi connectivity index (χ1n) is 3.17. The Morgan fingerprint density at radius 1 is 1.20 bits per heavy atom. The van der Waals surface area contributed by atoms with Crippen LogP contribution < -0.4 is 5.06 Å². The summed E-state index contributed by atoms with van der Waals surface area (Å²) in [6, 6.07) is 7.46.